The standard InChI is InChI=1S/C28H36FN3O5S/c1-28(2,3)24-20-12-13-21(23(29)19(20)11-8-15-32(24)27(35)36)30-25(33)22(14-16-38-4)31-26(34)37-17-18-9-6-5-7-10-18/h5-7,9-10,12-13,22,24H,8,11,14-17H2,1-4H3,(H,30,33)(H,31,34)(H,35,36)/t22-,24?/m0/s1. The minimum atomic E-state index is -1.04. The first kappa shape index (κ1) is 29.3. The Bertz CT molecular complexity index is 1140. The van der Waals surface area contributed by atoms with E-state index in [9.17, 15) is 19.5 Å². The molecule has 0 aliphatic carbocycles. The number of fused-ring (bicyclic) bond motifs is 1. The van der Waals surface area contributed by atoms with Crippen molar-refractivity contribution in [2.75, 3.05) is 23.9 Å². The monoisotopic (exact) mass is 545 g/mol. The zero-order valence-corrected chi connectivity index (χ0v) is 23.1. The van der Waals surface area contributed by atoms with Crippen molar-refractivity contribution in [3.8, 4) is 0 Å². The van der Waals surface area contributed by atoms with Gasteiger partial charge in [0.05, 0.1) is 11.7 Å². The SMILES string of the molecule is CSCC[C@H](NC(=O)OCc1ccccc1)C(=O)Nc1ccc2c(c1F)CCCN(C(=O)O)C2C(C)(C)C. The van der Waals surface area contributed by atoms with Crippen molar-refractivity contribution in [1.82, 2.24) is 10.2 Å². The Morgan fingerprint density at radius 1 is 1.18 bits per heavy atom. The van der Waals surface area contributed by atoms with Crippen LogP contribution in [0.1, 0.15) is 56.3 Å². The van der Waals surface area contributed by atoms with Gasteiger partial charge in [0.15, 0.2) is 0 Å². The number of halogens is 1. The van der Waals surface area contributed by atoms with Gasteiger partial charge >= 0.3 is 12.2 Å². The first-order valence-electron chi connectivity index (χ1n) is 12.6. The van der Waals surface area contributed by atoms with Gasteiger partial charge < -0.3 is 25.4 Å². The lowest BCUT2D eigenvalue weighted by Crippen LogP contribution is -2.44. The van der Waals surface area contributed by atoms with Crippen LogP contribution in [0.25, 0.3) is 0 Å². The number of hydrogen-bond donors (Lipinski definition) is 3. The molecule has 3 N–H and O–H groups in total. The third-order valence-electron chi connectivity index (χ3n) is 6.47. The first-order valence-corrected chi connectivity index (χ1v) is 14.0. The molecule has 0 saturated carbocycles. The molecule has 206 valence electrons. The molecule has 3 rings (SSSR count). The summed E-state index contributed by atoms with van der Waals surface area (Å²) in [6.45, 7) is 6.13. The molecule has 2 atom stereocenters. The number of hydrogen-bond acceptors (Lipinski definition) is 5. The fourth-order valence-electron chi connectivity index (χ4n) is 4.74. The number of carboxylic acid groups (broad SMARTS) is 1. The highest BCUT2D eigenvalue weighted by Crippen LogP contribution is 2.43. The number of amides is 3. The van der Waals surface area contributed by atoms with Crippen molar-refractivity contribution in [3.05, 3.63) is 65.0 Å². The predicted molar refractivity (Wildman–Crippen MR) is 147 cm³/mol. The zero-order chi connectivity index (χ0) is 27.9. The molecule has 1 heterocycles. The first-order chi connectivity index (χ1) is 18.0. The molecular weight excluding hydrogens is 509 g/mol. The van der Waals surface area contributed by atoms with Gasteiger partial charge in [0, 0.05) is 6.54 Å². The van der Waals surface area contributed by atoms with E-state index >= 15 is 4.39 Å². The summed E-state index contributed by atoms with van der Waals surface area (Å²) in [5.74, 6) is -0.530. The zero-order valence-electron chi connectivity index (χ0n) is 22.3. The molecule has 0 radical (unpaired) electrons. The lowest BCUT2D eigenvalue weighted by atomic mass is 9.79. The molecular formula is C28H36FN3O5S. The van der Waals surface area contributed by atoms with Gasteiger partial charge in [0.1, 0.15) is 18.5 Å². The normalized spacial score (nSPS) is 16.1. The van der Waals surface area contributed by atoms with Crippen LogP contribution in [0.15, 0.2) is 42.5 Å². The van der Waals surface area contributed by atoms with Crippen LogP contribution in [-0.2, 0) is 22.6 Å². The van der Waals surface area contributed by atoms with Crippen molar-refractivity contribution in [2.24, 2.45) is 5.41 Å². The Balaban J connectivity index is 1.79. The third kappa shape index (κ3) is 7.40. The summed E-state index contributed by atoms with van der Waals surface area (Å²) in [6, 6.07) is 10.9. The van der Waals surface area contributed by atoms with E-state index in [0.717, 1.165) is 5.56 Å². The van der Waals surface area contributed by atoms with E-state index < -0.39 is 41.4 Å². The van der Waals surface area contributed by atoms with Crippen molar-refractivity contribution in [1.29, 1.82) is 0 Å². The van der Waals surface area contributed by atoms with Gasteiger partial charge in [-0.15, -0.1) is 0 Å². The predicted octanol–water partition coefficient (Wildman–Crippen LogP) is 5.83. The van der Waals surface area contributed by atoms with Gasteiger partial charge in [-0.2, -0.15) is 11.8 Å². The molecule has 38 heavy (non-hydrogen) atoms. The highest BCUT2D eigenvalue weighted by atomic mass is 32.2. The summed E-state index contributed by atoms with van der Waals surface area (Å²) in [7, 11) is 0. The number of anilines is 1. The molecule has 1 aliphatic heterocycles. The quantitative estimate of drug-likeness (QED) is 0.386. The molecule has 1 unspecified atom stereocenters. The van der Waals surface area contributed by atoms with Crippen LogP contribution in [0.2, 0.25) is 0 Å². The molecule has 0 bridgehead atoms. The van der Waals surface area contributed by atoms with E-state index in [1.165, 1.54) is 22.7 Å². The third-order valence-corrected chi connectivity index (χ3v) is 7.11. The Hall–Kier alpha value is -3.27. The molecule has 10 heteroatoms. The van der Waals surface area contributed by atoms with Crippen LogP contribution in [0.3, 0.4) is 0 Å². The molecule has 0 aromatic heterocycles. The van der Waals surface area contributed by atoms with Crippen molar-refractivity contribution >= 4 is 35.5 Å². The average Bonchev–Trinajstić information content (AvgIpc) is 3.08. The number of benzene rings is 2. The van der Waals surface area contributed by atoms with Gasteiger partial charge in [-0.1, -0.05) is 57.2 Å². The van der Waals surface area contributed by atoms with E-state index in [-0.39, 0.29) is 12.3 Å². The molecule has 8 nitrogen and oxygen atoms in total. The van der Waals surface area contributed by atoms with E-state index in [1.54, 1.807) is 6.07 Å². The highest BCUT2D eigenvalue weighted by Gasteiger charge is 2.38. The Labute approximate surface area is 227 Å². The maximum absolute atomic E-state index is 15.8. The smallest absolute Gasteiger partial charge is 0.408 e. The minimum Gasteiger partial charge on any atom is -0.465 e. The molecule has 2 aromatic carbocycles. The van der Waals surface area contributed by atoms with Crippen LogP contribution in [0, 0.1) is 11.2 Å². The summed E-state index contributed by atoms with van der Waals surface area (Å²) < 4.78 is 21.0. The molecule has 0 spiro atoms. The number of rotatable bonds is 8. The fraction of sp³-hybridized carbons (Fsp3) is 0.464. The van der Waals surface area contributed by atoms with Gasteiger partial charge in [-0.3, -0.25) is 4.79 Å². The number of carbonyl (C=O) groups excluding carboxylic acids is 2. The maximum atomic E-state index is 15.8. The van der Waals surface area contributed by atoms with Gasteiger partial charge in [0.2, 0.25) is 5.91 Å². The number of nitrogens with one attached hydrogen (secondary N) is 2. The maximum Gasteiger partial charge on any atom is 0.408 e. The minimum absolute atomic E-state index is 0.00112. The number of alkyl carbamates (subject to hydrolysis) is 1. The van der Waals surface area contributed by atoms with Crippen molar-refractivity contribution in [3.63, 3.8) is 0 Å². The van der Waals surface area contributed by atoms with Gasteiger partial charge in [-0.05, 0) is 59.4 Å². The van der Waals surface area contributed by atoms with E-state index in [0.29, 0.717) is 42.7 Å². The summed E-state index contributed by atoms with van der Waals surface area (Å²) in [5.41, 5.74) is 1.35. The van der Waals surface area contributed by atoms with Crippen LogP contribution in [0.4, 0.5) is 19.7 Å². The van der Waals surface area contributed by atoms with E-state index in [4.69, 9.17) is 4.74 Å². The van der Waals surface area contributed by atoms with Gasteiger partial charge in [-0.25, -0.2) is 14.0 Å². The Morgan fingerprint density at radius 2 is 1.89 bits per heavy atom. The average molecular weight is 546 g/mol. The number of ether oxygens (including phenoxy) is 1. The topological polar surface area (TPSA) is 108 Å². The molecule has 3 amide bonds. The van der Waals surface area contributed by atoms with Crippen LogP contribution < -0.4 is 10.6 Å². The summed E-state index contributed by atoms with van der Waals surface area (Å²) in [6.07, 6.45) is 1.25. The van der Waals surface area contributed by atoms with Crippen LogP contribution >= 0.6 is 11.8 Å². The highest BCUT2D eigenvalue weighted by molar-refractivity contribution is 7.98. The second-order valence-corrected chi connectivity index (χ2v) is 11.4. The lowest BCUT2D eigenvalue weighted by Gasteiger charge is -2.38. The van der Waals surface area contributed by atoms with Gasteiger partial charge in [0.25, 0.3) is 0 Å². The van der Waals surface area contributed by atoms with Crippen LogP contribution in [0.5, 0.6) is 0 Å². The van der Waals surface area contributed by atoms with E-state index in [1.807, 2.05) is 57.4 Å². The largest absolute Gasteiger partial charge is 0.465 e. The second-order valence-electron chi connectivity index (χ2n) is 10.4. The van der Waals surface area contributed by atoms with Crippen molar-refractivity contribution in [2.45, 2.75) is 58.7 Å². The number of thioether (sulfide) groups is 1. The lowest BCUT2D eigenvalue weighted by molar-refractivity contribution is -0.118. The number of nitrogens with zero attached hydrogens (tertiary/aromatic N) is 1. The summed E-state index contributed by atoms with van der Waals surface area (Å²) >= 11 is 1.52. The van der Waals surface area contributed by atoms with E-state index in [2.05, 4.69) is 10.6 Å². The number of carbonyl (C=O) groups is 3. The Kier molecular flexibility index (Phi) is 10.0. The summed E-state index contributed by atoms with van der Waals surface area (Å²) in [4.78, 5) is 38.9. The molecule has 0 saturated heterocycles. The van der Waals surface area contributed by atoms with Crippen molar-refractivity contribution < 1.29 is 28.6 Å². The summed E-state index contributed by atoms with van der Waals surface area (Å²) in [5, 5.41) is 15.0. The molecule has 2 aromatic rings. The molecule has 1 aliphatic rings. The Morgan fingerprint density at radius 3 is 2.53 bits per heavy atom. The van der Waals surface area contributed by atoms with Crippen LogP contribution in [-0.4, -0.2) is 52.7 Å². The fourth-order valence-corrected chi connectivity index (χ4v) is 5.21. The second kappa shape index (κ2) is 13.0. The molecule has 0 fully saturated rings.